The molecule has 3 amide bonds. The summed E-state index contributed by atoms with van der Waals surface area (Å²) in [5.41, 5.74) is 1.02. The lowest BCUT2D eigenvalue weighted by molar-refractivity contribution is -0.149. The predicted molar refractivity (Wildman–Crippen MR) is 128 cm³/mol. The number of nitrogens with one attached hydrogen (secondary N) is 1. The van der Waals surface area contributed by atoms with Gasteiger partial charge in [0.25, 0.3) is 5.91 Å². The number of nitrogens with zero attached hydrogens (tertiary/aromatic N) is 2. The maximum absolute atomic E-state index is 13.5. The highest BCUT2D eigenvalue weighted by Gasteiger charge is 2.59. The Hall–Kier alpha value is -3.52. The third-order valence-corrected chi connectivity index (χ3v) is 7.21. The molecule has 5 rings (SSSR count). The van der Waals surface area contributed by atoms with E-state index in [0.29, 0.717) is 29.3 Å². The minimum atomic E-state index is -1.71. The van der Waals surface area contributed by atoms with Gasteiger partial charge in [0.1, 0.15) is 13.3 Å². The summed E-state index contributed by atoms with van der Waals surface area (Å²) in [6.07, 6.45) is 2.23. The molecule has 0 bridgehead atoms. The van der Waals surface area contributed by atoms with E-state index in [1.807, 2.05) is 35.2 Å². The van der Waals surface area contributed by atoms with E-state index < -0.39 is 11.5 Å². The van der Waals surface area contributed by atoms with Gasteiger partial charge in [-0.3, -0.25) is 19.2 Å². The molecule has 1 saturated heterocycles. The highest BCUT2D eigenvalue weighted by molar-refractivity contribution is 6.15. The number of ketones is 1. The van der Waals surface area contributed by atoms with Crippen molar-refractivity contribution in [3.63, 3.8) is 0 Å². The molecule has 8 heteroatoms. The van der Waals surface area contributed by atoms with Gasteiger partial charge in [-0.05, 0) is 48.9 Å². The summed E-state index contributed by atoms with van der Waals surface area (Å²) >= 11 is 0. The zero-order valence-electron chi connectivity index (χ0n) is 20.0. The van der Waals surface area contributed by atoms with Crippen molar-refractivity contribution >= 4 is 29.2 Å². The lowest BCUT2D eigenvalue weighted by Gasteiger charge is -2.31. The van der Waals surface area contributed by atoms with Crippen LogP contribution in [0, 0.1) is 5.92 Å². The number of fused-ring (bicyclic) bond motifs is 2. The summed E-state index contributed by atoms with van der Waals surface area (Å²) in [5, 5.41) is 2.69. The van der Waals surface area contributed by atoms with Crippen molar-refractivity contribution in [1.82, 2.24) is 9.80 Å². The number of hydrogen-bond acceptors (Lipinski definition) is 5. The lowest BCUT2D eigenvalue weighted by atomic mass is 9.94. The van der Waals surface area contributed by atoms with Gasteiger partial charge in [-0.1, -0.05) is 36.4 Å². The first-order valence-corrected chi connectivity index (χ1v) is 12.0. The number of carbonyl (C=O) groups is 4. The van der Waals surface area contributed by atoms with Crippen molar-refractivity contribution in [2.75, 3.05) is 18.6 Å². The SMILES string of the molecule is CC(=O)Nc1ccc2c(c1)CC(=O)[C@@]21OCN(CC(=O)N(Cc2ccccc2)[C@@H](C)C2CC2)C1=O. The molecule has 1 aliphatic heterocycles. The molecule has 0 radical (unpaired) electrons. The van der Waals surface area contributed by atoms with Crippen LogP contribution < -0.4 is 5.32 Å². The van der Waals surface area contributed by atoms with Gasteiger partial charge in [-0.2, -0.15) is 0 Å². The Labute approximate surface area is 204 Å². The molecule has 1 heterocycles. The fourth-order valence-electron chi connectivity index (χ4n) is 5.17. The van der Waals surface area contributed by atoms with Crippen LogP contribution in [-0.2, 0) is 42.5 Å². The van der Waals surface area contributed by atoms with Crippen molar-refractivity contribution in [3.8, 4) is 0 Å². The van der Waals surface area contributed by atoms with Gasteiger partial charge in [-0.15, -0.1) is 0 Å². The summed E-state index contributed by atoms with van der Waals surface area (Å²) < 4.78 is 5.87. The van der Waals surface area contributed by atoms with Crippen LogP contribution in [0.15, 0.2) is 48.5 Å². The molecule has 8 nitrogen and oxygen atoms in total. The van der Waals surface area contributed by atoms with Crippen LogP contribution in [-0.4, -0.2) is 52.6 Å². The van der Waals surface area contributed by atoms with Crippen LogP contribution in [0.3, 0.4) is 0 Å². The highest BCUT2D eigenvalue weighted by atomic mass is 16.5. The number of benzene rings is 2. The molecule has 2 aliphatic carbocycles. The number of hydrogen-bond donors (Lipinski definition) is 1. The van der Waals surface area contributed by atoms with E-state index >= 15 is 0 Å². The minimum absolute atomic E-state index is 0.0368. The first-order chi connectivity index (χ1) is 16.8. The van der Waals surface area contributed by atoms with Crippen LogP contribution in [0.25, 0.3) is 0 Å². The monoisotopic (exact) mass is 475 g/mol. The first kappa shape index (κ1) is 23.2. The number of ether oxygens (including phenoxy) is 1. The van der Waals surface area contributed by atoms with E-state index in [-0.39, 0.29) is 43.3 Å². The number of anilines is 1. The van der Waals surface area contributed by atoms with Gasteiger partial charge in [0.2, 0.25) is 17.4 Å². The Morgan fingerprint density at radius 2 is 1.91 bits per heavy atom. The molecule has 2 atom stereocenters. The Morgan fingerprint density at radius 3 is 2.60 bits per heavy atom. The van der Waals surface area contributed by atoms with E-state index in [2.05, 4.69) is 12.2 Å². The van der Waals surface area contributed by atoms with E-state index in [4.69, 9.17) is 4.74 Å². The third kappa shape index (κ3) is 4.23. The topological polar surface area (TPSA) is 96.0 Å². The molecular formula is C27H29N3O5. The highest BCUT2D eigenvalue weighted by Crippen LogP contribution is 2.43. The quantitative estimate of drug-likeness (QED) is 0.621. The molecule has 2 aromatic rings. The average Bonchev–Trinajstić information content (AvgIpc) is 3.58. The zero-order chi connectivity index (χ0) is 24.7. The molecule has 2 aromatic carbocycles. The Kier molecular flexibility index (Phi) is 5.92. The first-order valence-electron chi connectivity index (χ1n) is 12.0. The minimum Gasteiger partial charge on any atom is -0.334 e. The molecule has 0 aromatic heterocycles. The van der Waals surface area contributed by atoms with E-state index in [1.54, 1.807) is 18.2 Å². The summed E-state index contributed by atoms with van der Waals surface area (Å²) in [7, 11) is 0. The van der Waals surface area contributed by atoms with Gasteiger partial charge >= 0.3 is 0 Å². The molecule has 3 aliphatic rings. The molecule has 35 heavy (non-hydrogen) atoms. The number of amides is 3. The van der Waals surface area contributed by atoms with Crippen molar-refractivity contribution in [1.29, 1.82) is 0 Å². The standard InChI is InChI=1S/C27H29N3O5/c1-17(20-8-9-20)30(14-19-6-4-3-5-7-19)25(33)15-29-16-35-27(26(29)34)23-11-10-22(28-18(2)31)12-21(23)13-24(27)32/h3-7,10-12,17,20H,8-9,13-16H2,1-2H3,(H,28,31)/t17-,27-/m0/s1. The van der Waals surface area contributed by atoms with Crippen LogP contribution >= 0.6 is 0 Å². The van der Waals surface area contributed by atoms with E-state index in [0.717, 1.165) is 18.4 Å². The fourth-order valence-corrected chi connectivity index (χ4v) is 5.17. The van der Waals surface area contributed by atoms with Crippen LogP contribution in [0.4, 0.5) is 5.69 Å². The zero-order valence-corrected chi connectivity index (χ0v) is 20.0. The fraction of sp³-hybridized carbons (Fsp3) is 0.407. The van der Waals surface area contributed by atoms with Gasteiger partial charge < -0.3 is 19.9 Å². The summed E-state index contributed by atoms with van der Waals surface area (Å²) in [6.45, 7) is 3.67. The van der Waals surface area contributed by atoms with Crippen molar-refractivity contribution in [2.45, 2.75) is 51.3 Å². The average molecular weight is 476 g/mol. The second-order valence-electron chi connectivity index (χ2n) is 9.70. The van der Waals surface area contributed by atoms with Crippen molar-refractivity contribution in [2.24, 2.45) is 5.92 Å². The van der Waals surface area contributed by atoms with Crippen LogP contribution in [0.5, 0.6) is 0 Å². The number of rotatable bonds is 7. The summed E-state index contributed by atoms with van der Waals surface area (Å²) in [6, 6.07) is 14.9. The van der Waals surface area contributed by atoms with Gasteiger partial charge in [0.05, 0.1) is 0 Å². The summed E-state index contributed by atoms with van der Waals surface area (Å²) in [5.74, 6) is -0.752. The second-order valence-corrected chi connectivity index (χ2v) is 9.70. The van der Waals surface area contributed by atoms with Gasteiger partial charge in [0, 0.05) is 37.2 Å². The smallest absolute Gasteiger partial charge is 0.269 e. The summed E-state index contributed by atoms with van der Waals surface area (Å²) in [4.78, 5) is 54.6. The number of Topliss-reactive ketones (excluding diaryl/α,β-unsaturated/α-hetero) is 1. The van der Waals surface area contributed by atoms with E-state index in [1.165, 1.54) is 11.8 Å². The molecular weight excluding hydrogens is 446 g/mol. The molecule has 182 valence electrons. The lowest BCUT2D eigenvalue weighted by Crippen LogP contribution is -2.48. The van der Waals surface area contributed by atoms with E-state index in [9.17, 15) is 19.2 Å². The maximum Gasteiger partial charge on any atom is 0.269 e. The molecule has 0 unspecified atom stereocenters. The molecule has 1 spiro atoms. The Morgan fingerprint density at radius 1 is 1.17 bits per heavy atom. The van der Waals surface area contributed by atoms with Crippen molar-refractivity contribution in [3.05, 3.63) is 65.2 Å². The predicted octanol–water partition coefficient (Wildman–Crippen LogP) is 2.61. The molecule has 1 N–H and O–H groups in total. The normalized spacial score (nSPS) is 21.8. The number of carbonyl (C=O) groups excluding carboxylic acids is 4. The second kappa shape index (κ2) is 8.92. The Bertz CT molecular complexity index is 1190. The van der Waals surface area contributed by atoms with Crippen molar-refractivity contribution < 1.29 is 23.9 Å². The third-order valence-electron chi connectivity index (χ3n) is 7.21. The molecule has 1 saturated carbocycles. The largest absolute Gasteiger partial charge is 0.334 e. The van der Waals surface area contributed by atoms with Crippen LogP contribution in [0.2, 0.25) is 0 Å². The van der Waals surface area contributed by atoms with Gasteiger partial charge in [-0.25, -0.2) is 0 Å². The molecule has 2 fully saturated rings. The Balaban J connectivity index is 1.35. The maximum atomic E-state index is 13.5. The van der Waals surface area contributed by atoms with Gasteiger partial charge in [0.15, 0.2) is 5.78 Å². The van der Waals surface area contributed by atoms with Crippen LogP contribution in [0.1, 0.15) is 43.4 Å².